The van der Waals surface area contributed by atoms with Crippen LogP contribution in [0.25, 0.3) is 11.2 Å². The topological polar surface area (TPSA) is 105 Å². The molecule has 13 heteroatoms. The predicted molar refractivity (Wildman–Crippen MR) is 105 cm³/mol. The van der Waals surface area contributed by atoms with Crippen molar-refractivity contribution in [3.8, 4) is 11.8 Å². The van der Waals surface area contributed by atoms with Crippen LogP contribution in [0.3, 0.4) is 0 Å². The number of rotatable bonds is 2. The van der Waals surface area contributed by atoms with Gasteiger partial charge in [0.15, 0.2) is 11.5 Å². The second-order valence-electron chi connectivity index (χ2n) is 6.16. The van der Waals surface area contributed by atoms with Crippen LogP contribution in [0.4, 0.5) is 19.0 Å². The van der Waals surface area contributed by atoms with E-state index in [-0.39, 0.29) is 11.0 Å². The molecule has 1 aliphatic rings. The van der Waals surface area contributed by atoms with Crippen LogP contribution in [0.1, 0.15) is 13.3 Å². The van der Waals surface area contributed by atoms with Crippen LogP contribution < -0.4 is 15.9 Å². The number of nitrogens with zero attached hydrogens (tertiary/aromatic N) is 5. The number of anilines is 1. The van der Waals surface area contributed by atoms with Gasteiger partial charge in [0.05, 0.1) is 6.54 Å². The van der Waals surface area contributed by atoms with Crippen LogP contribution in [-0.2, 0) is 18.4 Å². The third-order valence-corrected chi connectivity index (χ3v) is 4.29. The summed E-state index contributed by atoms with van der Waals surface area (Å²) in [5.74, 6) is 3.97. The van der Waals surface area contributed by atoms with E-state index in [9.17, 15) is 18.0 Å². The lowest BCUT2D eigenvalue weighted by atomic mass is 10.3. The van der Waals surface area contributed by atoms with Crippen LogP contribution in [0.5, 0.6) is 0 Å². The van der Waals surface area contributed by atoms with E-state index in [1.165, 1.54) is 4.57 Å². The van der Waals surface area contributed by atoms with Crippen molar-refractivity contribution in [3.63, 3.8) is 0 Å². The fourth-order valence-corrected chi connectivity index (χ4v) is 2.91. The molecular weight excluding hydrogens is 429 g/mol. The molecule has 0 radical (unpaired) electrons. The molecule has 2 aromatic heterocycles. The van der Waals surface area contributed by atoms with Gasteiger partial charge in [-0.1, -0.05) is 12.8 Å². The molecule has 2 N–H and O–H groups in total. The first-order valence-corrected chi connectivity index (χ1v) is 9.30. The summed E-state index contributed by atoms with van der Waals surface area (Å²) in [6.45, 7) is 5.67. The number of carbonyl (C=O) groups is 1. The van der Waals surface area contributed by atoms with E-state index < -0.39 is 12.1 Å². The number of carboxylic acids is 1. The van der Waals surface area contributed by atoms with E-state index in [0.29, 0.717) is 23.5 Å². The van der Waals surface area contributed by atoms with Crippen molar-refractivity contribution < 1.29 is 23.1 Å². The summed E-state index contributed by atoms with van der Waals surface area (Å²) in [4.78, 5) is 32.2. The lowest BCUT2D eigenvalue weighted by Gasteiger charge is -2.28. The minimum atomic E-state index is -5.08. The van der Waals surface area contributed by atoms with Gasteiger partial charge in [0, 0.05) is 39.6 Å². The molecule has 0 unspecified atom stereocenters. The van der Waals surface area contributed by atoms with Crippen molar-refractivity contribution in [3.05, 3.63) is 15.8 Å². The summed E-state index contributed by atoms with van der Waals surface area (Å²) in [6, 6.07) is 0. The van der Waals surface area contributed by atoms with E-state index in [2.05, 4.69) is 32.0 Å². The molecule has 0 atom stereocenters. The van der Waals surface area contributed by atoms with Gasteiger partial charge >= 0.3 is 17.8 Å². The Labute approximate surface area is 174 Å². The Morgan fingerprint density at radius 1 is 1.27 bits per heavy atom. The molecule has 164 valence electrons. The summed E-state index contributed by atoms with van der Waals surface area (Å²) >= 11 is 6.09. The van der Waals surface area contributed by atoms with Gasteiger partial charge in [-0.05, 0) is 11.6 Å². The highest BCUT2D eigenvalue weighted by Crippen LogP contribution is 2.25. The molecule has 9 nitrogen and oxygen atoms in total. The lowest BCUT2D eigenvalue weighted by molar-refractivity contribution is -0.192. The molecule has 3 rings (SSSR count). The Bertz CT molecular complexity index is 1030. The van der Waals surface area contributed by atoms with E-state index in [4.69, 9.17) is 21.5 Å². The first-order chi connectivity index (χ1) is 14.1. The molecule has 30 heavy (non-hydrogen) atoms. The molecule has 1 aliphatic heterocycles. The number of halogens is 4. The molecular formula is C17H20ClF3N6O3. The number of alkyl halides is 3. The summed E-state index contributed by atoms with van der Waals surface area (Å²) < 4.78 is 34.9. The first kappa shape index (κ1) is 23.5. The number of hydrogen-bond donors (Lipinski definition) is 2. The molecule has 0 aromatic carbocycles. The van der Waals surface area contributed by atoms with E-state index >= 15 is 0 Å². The average Bonchev–Trinajstić information content (AvgIpc) is 2.93. The molecule has 0 amide bonds. The van der Waals surface area contributed by atoms with Gasteiger partial charge < -0.3 is 15.3 Å². The monoisotopic (exact) mass is 448 g/mol. The molecule has 0 spiro atoms. The average molecular weight is 449 g/mol. The fourth-order valence-electron chi connectivity index (χ4n) is 2.75. The van der Waals surface area contributed by atoms with Crippen molar-refractivity contribution in [2.45, 2.75) is 26.1 Å². The minimum Gasteiger partial charge on any atom is -0.475 e. The molecule has 2 aromatic rings. The first-order valence-electron chi connectivity index (χ1n) is 8.92. The number of carboxylic acid groups (broad SMARTS) is 1. The number of imidazole rings is 1. The maximum atomic E-state index is 12.5. The van der Waals surface area contributed by atoms with Gasteiger partial charge in [-0.15, -0.1) is 5.92 Å². The summed E-state index contributed by atoms with van der Waals surface area (Å²) in [6.07, 6.45) is -4.33. The van der Waals surface area contributed by atoms with Gasteiger partial charge in [-0.25, -0.2) is 9.59 Å². The Kier molecular flexibility index (Phi) is 7.69. The molecule has 0 saturated carbocycles. The smallest absolute Gasteiger partial charge is 0.475 e. The summed E-state index contributed by atoms with van der Waals surface area (Å²) in [5, 5.41) is 10.6. The van der Waals surface area contributed by atoms with Gasteiger partial charge in [0.25, 0.3) is 0 Å². The van der Waals surface area contributed by atoms with E-state index in [1.54, 1.807) is 11.6 Å². The number of aromatic nitrogens is 4. The summed E-state index contributed by atoms with van der Waals surface area (Å²) in [7, 11) is 1.69. The maximum Gasteiger partial charge on any atom is 0.490 e. The van der Waals surface area contributed by atoms with Gasteiger partial charge in [0.1, 0.15) is 5.52 Å². The molecule has 1 saturated heterocycles. The van der Waals surface area contributed by atoms with Crippen molar-refractivity contribution >= 4 is 34.6 Å². The zero-order valence-electron chi connectivity index (χ0n) is 16.3. The van der Waals surface area contributed by atoms with Crippen LogP contribution >= 0.6 is 11.6 Å². The van der Waals surface area contributed by atoms with Gasteiger partial charge in [-0.3, -0.25) is 9.13 Å². The second-order valence-corrected chi connectivity index (χ2v) is 6.50. The number of aliphatic carboxylic acids is 1. The van der Waals surface area contributed by atoms with E-state index in [1.807, 2.05) is 6.92 Å². The van der Waals surface area contributed by atoms with Crippen molar-refractivity contribution in [2.75, 3.05) is 31.1 Å². The third kappa shape index (κ3) is 5.43. The van der Waals surface area contributed by atoms with Crippen LogP contribution in [0, 0.1) is 11.8 Å². The molecule has 0 aliphatic carbocycles. The van der Waals surface area contributed by atoms with Crippen molar-refractivity contribution in [2.24, 2.45) is 7.05 Å². The van der Waals surface area contributed by atoms with Crippen LogP contribution in [0.2, 0.25) is 5.28 Å². The lowest BCUT2D eigenvalue weighted by Crippen LogP contribution is -2.44. The highest BCUT2D eigenvalue weighted by atomic mass is 35.5. The SMILES string of the molecule is CCC#CCn1c(=O)n(C)c2nc(Cl)nc(N3CCNCC3)c21.O=C(O)C(F)(F)F. The zero-order chi connectivity index (χ0) is 22.5. The van der Waals surface area contributed by atoms with Crippen molar-refractivity contribution in [1.29, 1.82) is 0 Å². The number of hydrogen-bond acceptors (Lipinski definition) is 6. The molecule has 0 bridgehead atoms. The molecule has 1 fully saturated rings. The van der Waals surface area contributed by atoms with Crippen LogP contribution in [0.15, 0.2) is 4.79 Å². The van der Waals surface area contributed by atoms with Crippen LogP contribution in [-0.4, -0.2) is 62.5 Å². The second kappa shape index (κ2) is 9.82. The number of aryl methyl sites for hydroxylation is 1. The Morgan fingerprint density at radius 3 is 2.40 bits per heavy atom. The molecule has 3 heterocycles. The Balaban J connectivity index is 0.000000396. The Morgan fingerprint density at radius 2 is 1.87 bits per heavy atom. The fraction of sp³-hybridized carbons (Fsp3) is 0.529. The largest absolute Gasteiger partial charge is 0.490 e. The maximum absolute atomic E-state index is 12.5. The normalized spacial score (nSPS) is 14.0. The summed E-state index contributed by atoms with van der Waals surface area (Å²) in [5.41, 5.74) is 1.09. The van der Waals surface area contributed by atoms with Crippen molar-refractivity contribution in [1.82, 2.24) is 24.4 Å². The number of nitrogens with one attached hydrogen (secondary N) is 1. The number of fused-ring (bicyclic) bond motifs is 1. The third-order valence-electron chi connectivity index (χ3n) is 4.12. The minimum absolute atomic E-state index is 0.151. The number of piperazine rings is 1. The standard InChI is InChI=1S/C15H19ClN6O.C2HF3O2/c1-3-4-5-8-22-11-12(20(2)15(22)23)18-14(16)19-13(11)21-9-6-17-7-10-21;3-2(4,5)1(6)7/h17H,3,6-10H2,1-2H3;(H,6,7). The van der Waals surface area contributed by atoms with Gasteiger partial charge in [0.2, 0.25) is 5.28 Å². The predicted octanol–water partition coefficient (Wildman–Crippen LogP) is 1.24. The van der Waals surface area contributed by atoms with Gasteiger partial charge in [-0.2, -0.15) is 23.1 Å². The Hall–Kier alpha value is -2.78. The highest BCUT2D eigenvalue weighted by Gasteiger charge is 2.38. The van der Waals surface area contributed by atoms with E-state index in [0.717, 1.165) is 32.6 Å². The highest BCUT2D eigenvalue weighted by molar-refractivity contribution is 6.28. The quantitative estimate of drug-likeness (QED) is 0.526. The zero-order valence-corrected chi connectivity index (χ0v) is 17.0.